The molecule has 0 aromatic heterocycles. The van der Waals surface area contributed by atoms with Crippen molar-refractivity contribution in [2.75, 3.05) is 0 Å². The molecule has 108 valence electrons. The van der Waals surface area contributed by atoms with Crippen molar-refractivity contribution in [3.05, 3.63) is 0 Å². The Balaban J connectivity index is 2.53. The van der Waals surface area contributed by atoms with Gasteiger partial charge in [-0.3, -0.25) is 0 Å². The maximum absolute atomic E-state index is 2.48. The average molecular weight is 252 g/mol. The molecule has 1 rings (SSSR count). The predicted molar refractivity (Wildman–Crippen MR) is 82.8 cm³/mol. The molecule has 1 fully saturated rings. The lowest BCUT2D eigenvalue weighted by Crippen LogP contribution is -2.30. The Morgan fingerprint density at radius 1 is 1.00 bits per heavy atom. The van der Waals surface area contributed by atoms with Crippen molar-refractivity contribution in [3.63, 3.8) is 0 Å². The van der Waals surface area contributed by atoms with Gasteiger partial charge in [0.1, 0.15) is 0 Å². The molecule has 0 bridgehead atoms. The van der Waals surface area contributed by atoms with E-state index in [1.165, 1.54) is 44.9 Å². The molecule has 0 amide bonds. The van der Waals surface area contributed by atoms with Crippen LogP contribution in [0.5, 0.6) is 0 Å². The summed E-state index contributed by atoms with van der Waals surface area (Å²) in [7, 11) is 0. The van der Waals surface area contributed by atoms with E-state index in [-0.39, 0.29) is 0 Å². The van der Waals surface area contributed by atoms with Crippen molar-refractivity contribution < 1.29 is 0 Å². The van der Waals surface area contributed by atoms with Crippen molar-refractivity contribution in [2.45, 2.75) is 86.5 Å². The average Bonchev–Trinajstić information content (AvgIpc) is 2.34. The van der Waals surface area contributed by atoms with Gasteiger partial charge in [0.25, 0.3) is 0 Å². The van der Waals surface area contributed by atoms with Gasteiger partial charge in [-0.25, -0.2) is 0 Å². The van der Waals surface area contributed by atoms with E-state index in [1.807, 2.05) is 0 Å². The Morgan fingerprint density at radius 2 is 1.56 bits per heavy atom. The Bertz CT molecular complexity index is 215. The maximum Gasteiger partial charge on any atom is -0.0354 e. The van der Waals surface area contributed by atoms with Crippen molar-refractivity contribution in [1.29, 1.82) is 0 Å². The van der Waals surface area contributed by atoms with Crippen LogP contribution in [0.2, 0.25) is 0 Å². The summed E-state index contributed by atoms with van der Waals surface area (Å²) in [5.41, 5.74) is 0.529. The number of rotatable bonds is 5. The van der Waals surface area contributed by atoms with E-state index in [2.05, 4.69) is 41.5 Å². The molecule has 0 saturated heterocycles. The minimum Gasteiger partial charge on any atom is -0.0654 e. The van der Waals surface area contributed by atoms with Crippen LogP contribution in [0.15, 0.2) is 0 Å². The second-order valence-electron chi connectivity index (χ2n) is 7.82. The normalized spacial score (nSPS) is 29.0. The molecule has 0 heteroatoms. The highest BCUT2D eigenvalue weighted by atomic mass is 14.4. The summed E-state index contributed by atoms with van der Waals surface area (Å²) in [4.78, 5) is 0. The van der Waals surface area contributed by atoms with E-state index < -0.39 is 0 Å². The summed E-state index contributed by atoms with van der Waals surface area (Å²) >= 11 is 0. The fourth-order valence-electron chi connectivity index (χ4n) is 4.03. The Morgan fingerprint density at radius 3 is 1.94 bits per heavy atom. The predicted octanol–water partition coefficient (Wildman–Crippen LogP) is 6.30. The van der Waals surface area contributed by atoms with Crippen molar-refractivity contribution in [2.24, 2.45) is 29.1 Å². The third-order valence-corrected chi connectivity index (χ3v) is 5.60. The van der Waals surface area contributed by atoms with Crippen molar-refractivity contribution in [1.82, 2.24) is 0 Å². The summed E-state index contributed by atoms with van der Waals surface area (Å²) in [6.07, 6.45) is 10.1. The first-order valence-corrected chi connectivity index (χ1v) is 8.40. The molecule has 0 heterocycles. The van der Waals surface area contributed by atoms with Gasteiger partial charge in [0, 0.05) is 0 Å². The molecule has 0 N–H and O–H groups in total. The summed E-state index contributed by atoms with van der Waals surface area (Å²) in [6.45, 7) is 14.5. The topological polar surface area (TPSA) is 0 Å². The van der Waals surface area contributed by atoms with Gasteiger partial charge in [-0.1, -0.05) is 60.8 Å². The molecule has 0 radical (unpaired) electrons. The molecule has 1 saturated carbocycles. The molecule has 0 aromatic carbocycles. The molecular weight excluding hydrogens is 216 g/mol. The van der Waals surface area contributed by atoms with Crippen LogP contribution in [0.1, 0.15) is 86.5 Å². The van der Waals surface area contributed by atoms with Gasteiger partial charge in [-0.05, 0) is 54.8 Å². The summed E-state index contributed by atoms with van der Waals surface area (Å²) in [5.74, 6) is 3.92. The van der Waals surface area contributed by atoms with E-state index in [0.717, 1.165) is 23.7 Å². The second-order valence-corrected chi connectivity index (χ2v) is 7.82. The van der Waals surface area contributed by atoms with Crippen LogP contribution >= 0.6 is 0 Å². The van der Waals surface area contributed by atoms with Gasteiger partial charge in [0.2, 0.25) is 0 Å². The van der Waals surface area contributed by atoms with Gasteiger partial charge in [-0.15, -0.1) is 0 Å². The van der Waals surface area contributed by atoms with Crippen LogP contribution in [0, 0.1) is 29.1 Å². The third kappa shape index (κ3) is 4.28. The fraction of sp³-hybridized carbons (Fsp3) is 1.00. The second kappa shape index (κ2) is 6.96. The monoisotopic (exact) mass is 252 g/mol. The molecule has 1 aliphatic rings. The van der Waals surface area contributed by atoms with Crippen LogP contribution in [-0.2, 0) is 0 Å². The first kappa shape index (κ1) is 16.1. The Hall–Kier alpha value is 0. The quantitative estimate of drug-likeness (QED) is 0.538. The van der Waals surface area contributed by atoms with Gasteiger partial charge < -0.3 is 0 Å². The van der Waals surface area contributed by atoms with E-state index in [1.54, 1.807) is 0 Å². The molecule has 2 atom stereocenters. The van der Waals surface area contributed by atoms with Gasteiger partial charge in [0.05, 0.1) is 0 Å². The van der Waals surface area contributed by atoms with Crippen LogP contribution in [-0.4, -0.2) is 0 Å². The molecular formula is C18H36. The Labute approximate surface area is 116 Å². The zero-order chi connectivity index (χ0) is 13.8. The lowest BCUT2D eigenvalue weighted by molar-refractivity contribution is 0.0990. The minimum atomic E-state index is 0.529. The number of hydrogen-bond donors (Lipinski definition) is 0. The van der Waals surface area contributed by atoms with Crippen molar-refractivity contribution >= 4 is 0 Å². The van der Waals surface area contributed by atoms with Crippen LogP contribution in [0.3, 0.4) is 0 Å². The molecule has 0 spiro atoms. The minimum absolute atomic E-state index is 0.529. The van der Waals surface area contributed by atoms with E-state index in [4.69, 9.17) is 0 Å². The van der Waals surface area contributed by atoms with E-state index in [9.17, 15) is 0 Å². The molecule has 18 heavy (non-hydrogen) atoms. The first-order chi connectivity index (χ1) is 8.40. The van der Waals surface area contributed by atoms with Crippen LogP contribution in [0.25, 0.3) is 0 Å². The first-order valence-electron chi connectivity index (χ1n) is 8.40. The van der Waals surface area contributed by atoms with E-state index in [0.29, 0.717) is 5.41 Å². The standard InChI is InChI=1S/C18H36/c1-7-9-17(14(3)8-2)15-10-12-16(13-11-15)18(4,5)6/h14-17H,7-13H2,1-6H3. The van der Waals surface area contributed by atoms with Gasteiger partial charge in [-0.2, -0.15) is 0 Å². The van der Waals surface area contributed by atoms with Crippen LogP contribution < -0.4 is 0 Å². The summed E-state index contributed by atoms with van der Waals surface area (Å²) in [5, 5.41) is 0. The highest BCUT2D eigenvalue weighted by Crippen LogP contribution is 2.44. The van der Waals surface area contributed by atoms with E-state index >= 15 is 0 Å². The largest absolute Gasteiger partial charge is 0.0654 e. The van der Waals surface area contributed by atoms with Gasteiger partial charge >= 0.3 is 0 Å². The summed E-state index contributed by atoms with van der Waals surface area (Å²) in [6, 6.07) is 0. The molecule has 0 aliphatic heterocycles. The van der Waals surface area contributed by atoms with Gasteiger partial charge in [0.15, 0.2) is 0 Å². The lowest BCUT2D eigenvalue weighted by atomic mass is 9.65. The fourth-order valence-corrected chi connectivity index (χ4v) is 4.03. The summed E-state index contributed by atoms with van der Waals surface area (Å²) < 4.78 is 0. The molecule has 2 unspecified atom stereocenters. The van der Waals surface area contributed by atoms with Crippen molar-refractivity contribution in [3.8, 4) is 0 Å². The Kier molecular flexibility index (Phi) is 6.21. The maximum atomic E-state index is 2.48. The molecule has 0 nitrogen and oxygen atoms in total. The zero-order valence-corrected chi connectivity index (χ0v) is 13.8. The molecule has 0 aromatic rings. The molecule has 1 aliphatic carbocycles. The lowest BCUT2D eigenvalue weighted by Gasteiger charge is -2.41. The smallest absolute Gasteiger partial charge is 0.0354 e. The SMILES string of the molecule is CCCC(C(C)CC)C1CCC(C(C)(C)C)CC1. The van der Waals surface area contributed by atoms with Crippen LogP contribution in [0.4, 0.5) is 0 Å². The number of hydrogen-bond acceptors (Lipinski definition) is 0. The highest BCUT2D eigenvalue weighted by Gasteiger charge is 2.33. The third-order valence-electron chi connectivity index (χ3n) is 5.60. The highest BCUT2D eigenvalue weighted by molar-refractivity contribution is 4.84. The zero-order valence-electron chi connectivity index (χ0n) is 13.8.